The molecule has 0 bridgehead atoms. The normalized spacial score (nSPS) is 8.93. The van der Waals surface area contributed by atoms with Crippen LogP contribution in [0, 0.1) is 11.8 Å². The van der Waals surface area contributed by atoms with Crippen molar-refractivity contribution < 1.29 is 9.90 Å². The van der Waals surface area contributed by atoms with Gasteiger partial charge < -0.3 is 10.4 Å². The number of rotatable bonds is 2. The molecule has 2 N–H and O–H groups in total. The van der Waals surface area contributed by atoms with Gasteiger partial charge in [0.05, 0.1) is 13.2 Å². The molecule has 78 valence electrons. The van der Waals surface area contributed by atoms with Gasteiger partial charge in [-0.25, -0.2) is 0 Å². The second kappa shape index (κ2) is 5.84. The third-order valence-corrected chi connectivity index (χ3v) is 1.79. The van der Waals surface area contributed by atoms with E-state index in [4.69, 9.17) is 5.11 Å². The fourth-order valence-corrected chi connectivity index (χ4v) is 1.01. The topological polar surface area (TPSA) is 49.3 Å². The van der Waals surface area contributed by atoms with Gasteiger partial charge in [0.2, 0.25) is 5.91 Å². The molecule has 1 aromatic carbocycles. The number of hydrogen-bond donors (Lipinski definition) is 2. The maximum atomic E-state index is 10.5. The Morgan fingerprint density at radius 2 is 2.07 bits per heavy atom. The van der Waals surface area contributed by atoms with E-state index in [-0.39, 0.29) is 12.5 Å². The summed E-state index contributed by atoms with van der Waals surface area (Å²) >= 11 is 0. The Morgan fingerprint density at radius 3 is 2.60 bits per heavy atom. The molecule has 0 heterocycles. The van der Waals surface area contributed by atoms with Gasteiger partial charge in [-0.05, 0) is 17.7 Å². The molecule has 1 rings (SSSR count). The lowest BCUT2D eigenvalue weighted by atomic mass is 10.1. The second-order valence-corrected chi connectivity index (χ2v) is 3.07. The van der Waals surface area contributed by atoms with Crippen LogP contribution in [0.25, 0.3) is 0 Å². The summed E-state index contributed by atoms with van der Waals surface area (Å²) in [6, 6.07) is 7.32. The number of aliphatic hydroxyl groups excluding tert-OH is 1. The minimum atomic E-state index is -0.0834. The maximum Gasteiger partial charge on any atom is 0.217 e. The highest BCUT2D eigenvalue weighted by Crippen LogP contribution is 2.02. The summed E-state index contributed by atoms with van der Waals surface area (Å²) in [5.74, 6) is 5.65. The Labute approximate surface area is 89.1 Å². The first kappa shape index (κ1) is 11.3. The molecule has 15 heavy (non-hydrogen) atoms. The third kappa shape index (κ3) is 4.30. The van der Waals surface area contributed by atoms with Crippen LogP contribution < -0.4 is 5.32 Å². The molecular formula is C12H13NO2. The summed E-state index contributed by atoms with van der Waals surface area (Å²) in [4.78, 5) is 10.5. The average molecular weight is 203 g/mol. The molecule has 0 spiro atoms. The molecule has 0 saturated heterocycles. The lowest BCUT2D eigenvalue weighted by Gasteiger charge is -1.95. The Kier molecular flexibility index (Phi) is 4.39. The van der Waals surface area contributed by atoms with E-state index >= 15 is 0 Å². The van der Waals surface area contributed by atoms with E-state index in [1.54, 1.807) is 0 Å². The van der Waals surface area contributed by atoms with Crippen molar-refractivity contribution in [3.63, 3.8) is 0 Å². The van der Waals surface area contributed by atoms with Crippen molar-refractivity contribution in [2.45, 2.75) is 13.5 Å². The first-order valence-corrected chi connectivity index (χ1v) is 4.65. The van der Waals surface area contributed by atoms with Gasteiger partial charge in [-0.2, -0.15) is 0 Å². The summed E-state index contributed by atoms with van der Waals surface area (Å²) in [6.45, 7) is 1.86. The number of amides is 1. The van der Waals surface area contributed by atoms with Gasteiger partial charge in [0.25, 0.3) is 0 Å². The standard InChI is InChI=1S/C12H13NO2/c1-10(15)13-8-2-3-11-4-6-12(9-14)7-5-11/h4-7,14H,8-9H2,1H3,(H,13,15). The zero-order valence-corrected chi connectivity index (χ0v) is 8.58. The Morgan fingerprint density at radius 1 is 1.40 bits per heavy atom. The summed E-state index contributed by atoms with van der Waals surface area (Å²) in [6.07, 6.45) is 0. The van der Waals surface area contributed by atoms with Crippen LogP contribution in [0.3, 0.4) is 0 Å². The summed E-state index contributed by atoms with van der Waals surface area (Å²) < 4.78 is 0. The smallest absolute Gasteiger partial charge is 0.217 e. The Hall–Kier alpha value is -1.79. The molecule has 0 aliphatic carbocycles. The molecule has 1 amide bonds. The van der Waals surface area contributed by atoms with E-state index in [1.807, 2.05) is 24.3 Å². The minimum Gasteiger partial charge on any atom is -0.392 e. The van der Waals surface area contributed by atoms with Gasteiger partial charge in [0.15, 0.2) is 0 Å². The van der Waals surface area contributed by atoms with Gasteiger partial charge in [-0.1, -0.05) is 24.0 Å². The van der Waals surface area contributed by atoms with E-state index in [1.165, 1.54) is 6.92 Å². The highest BCUT2D eigenvalue weighted by molar-refractivity contribution is 5.73. The van der Waals surface area contributed by atoms with Gasteiger partial charge in [0.1, 0.15) is 0 Å². The quantitative estimate of drug-likeness (QED) is 0.694. The molecule has 0 aliphatic rings. The summed E-state index contributed by atoms with van der Waals surface area (Å²) in [5, 5.41) is 11.4. The van der Waals surface area contributed by atoms with Crippen LogP contribution in [-0.2, 0) is 11.4 Å². The van der Waals surface area contributed by atoms with Crippen LogP contribution in [-0.4, -0.2) is 17.6 Å². The van der Waals surface area contributed by atoms with Crippen LogP contribution >= 0.6 is 0 Å². The van der Waals surface area contributed by atoms with Crippen LogP contribution in [0.1, 0.15) is 18.1 Å². The lowest BCUT2D eigenvalue weighted by Crippen LogP contribution is -2.19. The van der Waals surface area contributed by atoms with Gasteiger partial charge in [0, 0.05) is 12.5 Å². The first-order valence-electron chi connectivity index (χ1n) is 4.65. The van der Waals surface area contributed by atoms with E-state index in [0.717, 1.165) is 11.1 Å². The van der Waals surface area contributed by atoms with Crippen LogP contribution in [0.4, 0.5) is 0 Å². The van der Waals surface area contributed by atoms with Crippen molar-refractivity contribution in [2.75, 3.05) is 6.54 Å². The molecule has 0 aliphatic heterocycles. The second-order valence-electron chi connectivity index (χ2n) is 3.07. The Bertz CT molecular complexity index is 384. The molecule has 0 saturated carbocycles. The van der Waals surface area contributed by atoms with Crippen LogP contribution in [0.15, 0.2) is 24.3 Å². The number of hydrogen-bond acceptors (Lipinski definition) is 2. The molecule has 3 nitrogen and oxygen atoms in total. The number of carbonyl (C=O) groups is 1. The van der Waals surface area contributed by atoms with E-state index < -0.39 is 0 Å². The fourth-order valence-electron chi connectivity index (χ4n) is 1.01. The van der Waals surface area contributed by atoms with Crippen LogP contribution in [0.2, 0.25) is 0 Å². The van der Waals surface area contributed by atoms with Gasteiger partial charge in [-0.15, -0.1) is 0 Å². The van der Waals surface area contributed by atoms with Crippen molar-refractivity contribution in [2.24, 2.45) is 0 Å². The number of aliphatic hydroxyl groups is 1. The van der Waals surface area contributed by atoms with Crippen molar-refractivity contribution in [3.8, 4) is 11.8 Å². The molecule has 0 fully saturated rings. The predicted molar refractivity (Wildman–Crippen MR) is 57.9 cm³/mol. The van der Waals surface area contributed by atoms with Gasteiger partial charge in [-0.3, -0.25) is 4.79 Å². The third-order valence-electron chi connectivity index (χ3n) is 1.79. The number of nitrogens with one attached hydrogen (secondary N) is 1. The molecule has 3 heteroatoms. The van der Waals surface area contributed by atoms with E-state index in [0.29, 0.717) is 6.54 Å². The zero-order valence-electron chi connectivity index (χ0n) is 8.58. The monoisotopic (exact) mass is 203 g/mol. The lowest BCUT2D eigenvalue weighted by molar-refractivity contribution is -0.118. The molecular weight excluding hydrogens is 190 g/mol. The molecule has 0 radical (unpaired) electrons. The van der Waals surface area contributed by atoms with Crippen molar-refractivity contribution in [3.05, 3.63) is 35.4 Å². The predicted octanol–water partition coefficient (Wildman–Crippen LogP) is 0.667. The van der Waals surface area contributed by atoms with Crippen molar-refractivity contribution in [1.29, 1.82) is 0 Å². The first-order chi connectivity index (χ1) is 7.22. The van der Waals surface area contributed by atoms with Gasteiger partial charge >= 0.3 is 0 Å². The molecule has 0 unspecified atom stereocenters. The van der Waals surface area contributed by atoms with Crippen molar-refractivity contribution >= 4 is 5.91 Å². The molecule has 0 aromatic heterocycles. The fraction of sp³-hybridized carbons (Fsp3) is 0.250. The molecule has 0 atom stereocenters. The largest absolute Gasteiger partial charge is 0.392 e. The highest BCUT2D eigenvalue weighted by Gasteiger charge is 1.89. The van der Waals surface area contributed by atoms with E-state index in [2.05, 4.69) is 17.2 Å². The molecule has 1 aromatic rings. The highest BCUT2D eigenvalue weighted by atomic mass is 16.3. The Balaban J connectivity index is 2.52. The number of benzene rings is 1. The SMILES string of the molecule is CC(=O)NCC#Cc1ccc(CO)cc1. The minimum absolute atomic E-state index is 0.0413. The summed E-state index contributed by atoms with van der Waals surface area (Å²) in [7, 11) is 0. The zero-order chi connectivity index (χ0) is 11.1. The average Bonchev–Trinajstić information content (AvgIpc) is 2.25. The van der Waals surface area contributed by atoms with E-state index in [9.17, 15) is 4.79 Å². The maximum absolute atomic E-state index is 10.5. The van der Waals surface area contributed by atoms with Crippen molar-refractivity contribution in [1.82, 2.24) is 5.32 Å². The number of carbonyl (C=O) groups excluding carboxylic acids is 1. The summed E-state index contributed by atoms with van der Waals surface area (Å²) in [5.41, 5.74) is 1.74. The van der Waals surface area contributed by atoms with Crippen LogP contribution in [0.5, 0.6) is 0 Å².